The topological polar surface area (TPSA) is 32.3 Å². The van der Waals surface area contributed by atoms with Crippen LogP contribution < -0.4 is 5.32 Å². The van der Waals surface area contributed by atoms with Crippen LogP contribution in [-0.2, 0) is 0 Å². The minimum atomic E-state index is 0.210. The SMILES string of the molecule is O=C1NCCN1C12CC3C[C@H](C1)C[C@@H](C3)C2. The number of carbonyl (C=O) groups is 1. The molecule has 5 aliphatic rings. The van der Waals surface area contributed by atoms with E-state index in [9.17, 15) is 4.79 Å². The second kappa shape index (κ2) is 2.93. The third-order valence-corrected chi connectivity index (χ3v) is 5.44. The predicted octanol–water partition coefficient (Wildman–Crippen LogP) is 1.98. The van der Waals surface area contributed by atoms with E-state index in [0.29, 0.717) is 0 Å². The Morgan fingerprint density at radius 3 is 2.06 bits per heavy atom. The zero-order chi connectivity index (χ0) is 10.8. The number of hydrogen-bond acceptors (Lipinski definition) is 1. The van der Waals surface area contributed by atoms with Gasteiger partial charge in [-0.05, 0) is 56.3 Å². The summed E-state index contributed by atoms with van der Waals surface area (Å²) in [5.74, 6) is 2.79. The van der Waals surface area contributed by atoms with Crippen molar-refractivity contribution in [2.75, 3.05) is 13.1 Å². The maximum atomic E-state index is 11.9. The van der Waals surface area contributed by atoms with Crippen molar-refractivity contribution in [1.82, 2.24) is 10.2 Å². The lowest BCUT2D eigenvalue weighted by molar-refractivity contribution is -0.0641. The molecule has 0 radical (unpaired) electrons. The van der Waals surface area contributed by atoms with Crippen LogP contribution in [0.5, 0.6) is 0 Å². The average molecular weight is 220 g/mol. The molecule has 88 valence electrons. The summed E-state index contributed by atoms with van der Waals surface area (Å²) in [5, 5.41) is 2.98. The van der Waals surface area contributed by atoms with E-state index in [0.717, 1.165) is 30.8 Å². The van der Waals surface area contributed by atoms with E-state index in [1.807, 2.05) is 0 Å². The molecule has 2 amide bonds. The number of hydrogen-bond donors (Lipinski definition) is 1. The molecule has 3 nitrogen and oxygen atoms in total. The first-order chi connectivity index (χ1) is 7.75. The van der Waals surface area contributed by atoms with Crippen LogP contribution in [0.25, 0.3) is 0 Å². The van der Waals surface area contributed by atoms with Gasteiger partial charge in [-0.1, -0.05) is 0 Å². The third kappa shape index (κ3) is 1.12. The van der Waals surface area contributed by atoms with Crippen molar-refractivity contribution in [3.63, 3.8) is 0 Å². The summed E-state index contributed by atoms with van der Waals surface area (Å²) in [6.45, 7) is 1.81. The molecule has 0 atom stereocenters. The molecule has 5 fully saturated rings. The third-order valence-electron chi connectivity index (χ3n) is 5.44. The van der Waals surface area contributed by atoms with Crippen molar-refractivity contribution >= 4 is 6.03 Å². The molecule has 5 rings (SSSR count). The molecule has 4 saturated carbocycles. The van der Waals surface area contributed by atoms with E-state index in [-0.39, 0.29) is 11.6 Å². The minimum absolute atomic E-state index is 0.210. The lowest BCUT2D eigenvalue weighted by Crippen LogP contribution is -2.60. The number of amides is 2. The van der Waals surface area contributed by atoms with E-state index >= 15 is 0 Å². The zero-order valence-corrected chi connectivity index (χ0v) is 9.74. The van der Waals surface area contributed by atoms with Crippen LogP contribution in [0.3, 0.4) is 0 Å². The van der Waals surface area contributed by atoms with Crippen LogP contribution in [0, 0.1) is 17.8 Å². The number of carbonyl (C=O) groups excluding carboxylic acids is 1. The molecule has 1 aliphatic heterocycles. The second-order valence-electron chi connectivity index (χ2n) is 6.53. The maximum absolute atomic E-state index is 11.9. The first-order valence-electron chi connectivity index (χ1n) is 6.81. The summed E-state index contributed by atoms with van der Waals surface area (Å²) < 4.78 is 0. The molecule has 1 N–H and O–H groups in total. The highest BCUT2D eigenvalue weighted by Crippen LogP contribution is 2.57. The lowest BCUT2D eigenvalue weighted by atomic mass is 9.52. The first kappa shape index (κ1) is 9.32. The van der Waals surface area contributed by atoms with Crippen molar-refractivity contribution < 1.29 is 4.79 Å². The lowest BCUT2D eigenvalue weighted by Gasteiger charge is -2.59. The molecule has 0 aromatic rings. The molecule has 0 aromatic heterocycles. The maximum Gasteiger partial charge on any atom is 0.317 e. The van der Waals surface area contributed by atoms with Crippen LogP contribution in [-0.4, -0.2) is 29.6 Å². The van der Waals surface area contributed by atoms with Crippen molar-refractivity contribution in [2.24, 2.45) is 17.8 Å². The fraction of sp³-hybridized carbons (Fsp3) is 0.923. The van der Waals surface area contributed by atoms with Gasteiger partial charge in [0.2, 0.25) is 0 Å². The number of urea groups is 1. The normalized spacial score (nSPS) is 49.9. The van der Waals surface area contributed by atoms with Crippen LogP contribution in [0.1, 0.15) is 38.5 Å². The highest BCUT2D eigenvalue weighted by Gasteiger charge is 2.55. The molecule has 0 aromatic carbocycles. The number of nitrogens with one attached hydrogen (secondary N) is 1. The van der Waals surface area contributed by atoms with Crippen molar-refractivity contribution in [1.29, 1.82) is 0 Å². The smallest absolute Gasteiger partial charge is 0.317 e. The molecule has 16 heavy (non-hydrogen) atoms. The molecule has 0 spiro atoms. The van der Waals surface area contributed by atoms with Gasteiger partial charge in [0.15, 0.2) is 0 Å². The summed E-state index contributed by atoms with van der Waals surface area (Å²) in [4.78, 5) is 14.1. The van der Waals surface area contributed by atoms with Gasteiger partial charge in [-0.15, -0.1) is 0 Å². The monoisotopic (exact) mass is 220 g/mol. The van der Waals surface area contributed by atoms with Crippen LogP contribution in [0.2, 0.25) is 0 Å². The molecule has 4 bridgehead atoms. The molecule has 3 heteroatoms. The quantitative estimate of drug-likeness (QED) is 0.720. The Kier molecular flexibility index (Phi) is 1.71. The number of rotatable bonds is 1. The van der Waals surface area contributed by atoms with Gasteiger partial charge in [0.25, 0.3) is 0 Å². The summed E-state index contributed by atoms with van der Waals surface area (Å²) in [5.41, 5.74) is 0.273. The van der Waals surface area contributed by atoms with Crippen LogP contribution >= 0.6 is 0 Å². The number of nitrogens with zero attached hydrogens (tertiary/aromatic N) is 1. The fourth-order valence-corrected chi connectivity index (χ4v) is 5.32. The summed E-state index contributed by atoms with van der Waals surface area (Å²) in [7, 11) is 0. The molecule has 1 saturated heterocycles. The van der Waals surface area contributed by atoms with E-state index < -0.39 is 0 Å². The van der Waals surface area contributed by atoms with E-state index in [1.165, 1.54) is 38.5 Å². The Morgan fingerprint density at radius 2 is 1.62 bits per heavy atom. The highest BCUT2D eigenvalue weighted by atomic mass is 16.2. The first-order valence-corrected chi connectivity index (χ1v) is 6.81. The molecule has 0 unspecified atom stereocenters. The van der Waals surface area contributed by atoms with Crippen LogP contribution in [0.15, 0.2) is 0 Å². The van der Waals surface area contributed by atoms with Gasteiger partial charge in [0.05, 0.1) is 0 Å². The molecular weight excluding hydrogens is 200 g/mol. The Morgan fingerprint density at radius 1 is 1.06 bits per heavy atom. The Labute approximate surface area is 96.6 Å². The average Bonchev–Trinajstić information content (AvgIpc) is 2.62. The Bertz CT molecular complexity index is 304. The van der Waals surface area contributed by atoms with Gasteiger partial charge in [0, 0.05) is 18.6 Å². The zero-order valence-electron chi connectivity index (χ0n) is 9.74. The standard InChI is InChI=1S/C13H20N2O/c16-12-14-1-2-15(12)13-6-9-3-10(7-13)5-11(4-9)8-13/h9-11H,1-8H2,(H,14,16)/t9-,10+,11?,13?. The predicted molar refractivity (Wildman–Crippen MR) is 61.0 cm³/mol. The van der Waals surface area contributed by atoms with E-state index in [1.54, 1.807) is 0 Å². The van der Waals surface area contributed by atoms with Gasteiger partial charge >= 0.3 is 6.03 Å². The largest absolute Gasteiger partial charge is 0.336 e. The van der Waals surface area contributed by atoms with Crippen molar-refractivity contribution in [3.05, 3.63) is 0 Å². The van der Waals surface area contributed by atoms with Gasteiger partial charge in [0.1, 0.15) is 0 Å². The fourth-order valence-electron chi connectivity index (χ4n) is 5.32. The molecule has 4 aliphatic carbocycles. The Balaban J connectivity index is 1.68. The van der Waals surface area contributed by atoms with Gasteiger partial charge in [-0.25, -0.2) is 4.79 Å². The summed E-state index contributed by atoms with van der Waals surface area (Å²) >= 11 is 0. The summed E-state index contributed by atoms with van der Waals surface area (Å²) in [6, 6.07) is 0.210. The minimum Gasteiger partial charge on any atom is -0.336 e. The summed E-state index contributed by atoms with van der Waals surface area (Å²) in [6.07, 6.45) is 8.25. The van der Waals surface area contributed by atoms with Crippen molar-refractivity contribution in [3.8, 4) is 0 Å². The van der Waals surface area contributed by atoms with Gasteiger partial charge in [-0.3, -0.25) is 0 Å². The molecular formula is C13H20N2O. The Hall–Kier alpha value is -0.730. The van der Waals surface area contributed by atoms with Crippen LogP contribution in [0.4, 0.5) is 4.79 Å². The molecule has 1 heterocycles. The van der Waals surface area contributed by atoms with Crippen molar-refractivity contribution in [2.45, 2.75) is 44.1 Å². The van der Waals surface area contributed by atoms with Gasteiger partial charge in [-0.2, -0.15) is 0 Å². The van der Waals surface area contributed by atoms with E-state index in [2.05, 4.69) is 10.2 Å². The van der Waals surface area contributed by atoms with Gasteiger partial charge < -0.3 is 10.2 Å². The highest BCUT2D eigenvalue weighted by molar-refractivity contribution is 5.77. The van der Waals surface area contributed by atoms with E-state index in [4.69, 9.17) is 0 Å². The second-order valence-corrected chi connectivity index (χ2v) is 6.53.